The van der Waals surface area contributed by atoms with Gasteiger partial charge < -0.3 is 14.8 Å². The van der Waals surface area contributed by atoms with E-state index in [-0.39, 0.29) is 41.9 Å². The predicted octanol–water partition coefficient (Wildman–Crippen LogP) is 5.44. The highest BCUT2D eigenvalue weighted by molar-refractivity contribution is 7.89. The van der Waals surface area contributed by atoms with Crippen LogP contribution in [0.2, 0.25) is 5.02 Å². The molecule has 2 aliphatic rings. The monoisotopic (exact) mass is 562 g/mol. The Hall–Kier alpha value is -2.29. The van der Waals surface area contributed by atoms with Crippen molar-refractivity contribution in [1.82, 2.24) is 10.0 Å². The Morgan fingerprint density at radius 1 is 1.08 bits per heavy atom. The third-order valence-electron chi connectivity index (χ3n) is 7.41. The van der Waals surface area contributed by atoms with Crippen molar-refractivity contribution in [2.24, 2.45) is 0 Å². The molecule has 1 atom stereocenters. The van der Waals surface area contributed by atoms with E-state index < -0.39 is 10.0 Å². The third kappa shape index (κ3) is 5.61. The second kappa shape index (κ2) is 11.6. The Morgan fingerprint density at radius 3 is 2.54 bits per heavy atom. The maximum atomic E-state index is 12.7. The van der Waals surface area contributed by atoms with Gasteiger partial charge in [-0.2, -0.15) is 0 Å². The highest BCUT2D eigenvalue weighted by Crippen LogP contribution is 2.53. The zero-order valence-electron chi connectivity index (χ0n) is 20.7. The van der Waals surface area contributed by atoms with Gasteiger partial charge in [0.15, 0.2) is 0 Å². The summed E-state index contributed by atoms with van der Waals surface area (Å²) >= 11 is 6.17. The van der Waals surface area contributed by atoms with Crippen LogP contribution < -0.4 is 19.5 Å². The van der Waals surface area contributed by atoms with Gasteiger partial charge in [0.05, 0.1) is 7.11 Å². The van der Waals surface area contributed by atoms with Gasteiger partial charge in [-0.25, -0.2) is 13.1 Å². The highest BCUT2D eigenvalue weighted by Gasteiger charge is 2.47. The van der Waals surface area contributed by atoms with Gasteiger partial charge in [0.2, 0.25) is 10.0 Å². The van der Waals surface area contributed by atoms with E-state index in [1.165, 1.54) is 36.3 Å². The molecule has 3 aromatic rings. The van der Waals surface area contributed by atoms with Gasteiger partial charge in [-0.3, -0.25) is 0 Å². The third-order valence-corrected chi connectivity index (χ3v) is 9.16. The summed E-state index contributed by atoms with van der Waals surface area (Å²) < 4.78 is 39.2. The lowest BCUT2D eigenvalue weighted by Crippen LogP contribution is -2.49. The number of sulfonamides is 1. The van der Waals surface area contributed by atoms with Gasteiger partial charge in [-0.05, 0) is 78.9 Å². The van der Waals surface area contributed by atoms with E-state index in [1.54, 1.807) is 18.2 Å². The first kappa shape index (κ1) is 27.7. The molecular weight excluding hydrogens is 531 g/mol. The van der Waals surface area contributed by atoms with Gasteiger partial charge in [-0.1, -0.05) is 48.4 Å². The minimum atomic E-state index is -3.70. The lowest BCUT2D eigenvalue weighted by molar-refractivity contribution is 0.164. The van der Waals surface area contributed by atoms with Gasteiger partial charge in [0.25, 0.3) is 0 Å². The summed E-state index contributed by atoms with van der Waals surface area (Å²) in [5.41, 5.74) is 3.97. The lowest BCUT2D eigenvalue weighted by atomic mass is 9.58. The Kier molecular flexibility index (Phi) is 8.71. The minimum absolute atomic E-state index is 0. The van der Waals surface area contributed by atoms with Crippen LogP contribution in [0.25, 0.3) is 0 Å². The Morgan fingerprint density at radius 2 is 1.84 bits per heavy atom. The molecule has 3 aromatic carbocycles. The van der Waals surface area contributed by atoms with E-state index in [0.29, 0.717) is 5.75 Å². The molecule has 1 aliphatic heterocycles. The molecule has 1 heterocycles. The van der Waals surface area contributed by atoms with E-state index in [0.717, 1.165) is 36.6 Å². The number of ether oxygens (including phenoxy) is 2. The molecule has 1 aliphatic carbocycles. The number of para-hydroxylation sites is 1. The first-order valence-electron chi connectivity index (χ1n) is 12.3. The van der Waals surface area contributed by atoms with Crippen LogP contribution in [-0.4, -0.2) is 35.2 Å². The SMILES string of the molecule is COc1ccccc1S(=O)(=O)NCCOc1ccc2c(c1)C(C1(c3ccc(Cl)cc3)CCC1)NCC2.Cl. The molecule has 0 aromatic heterocycles. The average molecular weight is 564 g/mol. The Labute approximate surface area is 230 Å². The quantitative estimate of drug-likeness (QED) is 0.340. The standard InChI is InChI=1S/C28H31ClN2O4S.ClH/c1-34-25-5-2-3-6-26(25)36(32,33)31-17-18-35-23-12-7-20-13-16-30-27(24(20)19-23)28(14-4-15-28)21-8-10-22(29)11-9-21;/h2-3,5-12,19,27,30-31H,4,13-18H2,1H3;1H. The summed E-state index contributed by atoms with van der Waals surface area (Å²) in [5, 5.41) is 4.53. The molecule has 1 saturated carbocycles. The topological polar surface area (TPSA) is 76.7 Å². The van der Waals surface area contributed by atoms with Crippen molar-refractivity contribution in [2.45, 2.75) is 42.0 Å². The van der Waals surface area contributed by atoms with Crippen LogP contribution in [0.15, 0.2) is 71.6 Å². The number of benzene rings is 3. The van der Waals surface area contributed by atoms with Crippen LogP contribution in [-0.2, 0) is 21.9 Å². The zero-order valence-corrected chi connectivity index (χ0v) is 23.1. The molecule has 2 N–H and O–H groups in total. The number of methoxy groups -OCH3 is 1. The summed E-state index contributed by atoms with van der Waals surface area (Å²) in [5.74, 6) is 1.05. The van der Waals surface area contributed by atoms with E-state index in [2.05, 4.69) is 34.3 Å². The molecule has 37 heavy (non-hydrogen) atoms. The number of hydrogen-bond donors (Lipinski definition) is 2. The van der Waals surface area contributed by atoms with Crippen molar-refractivity contribution in [3.63, 3.8) is 0 Å². The number of rotatable bonds is 9. The van der Waals surface area contributed by atoms with Crippen molar-refractivity contribution in [2.75, 3.05) is 26.8 Å². The van der Waals surface area contributed by atoms with E-state index in [4.69, 9.17) is 21.1 Å². The normalized spacial score (nSPS) is 18.2. The fourth-order valence-electron chi connectivity index (χ4n) is 5.46. The number of halogens is 2. The first-order chi connectivity index (χ1) is 17.4. The number of nitrogens with one attached hydrogen (secondary N) is 2. The molecule has 1 unspecified atom stereocenters. The molecular formula is C28H32Cl2N2O4S. The van der Waals surface area contributed by atoms with Crippen LogP contribution in [0.3, 0.4) is 0 Å². The van der Waals surface area contributed by atoms with Crippen molar-refractivity contribution in [3.05, 3.63) is 88.4 Å². The van der Waals surface area contributed by atoms with Crippen LogP contribution in [0.4, 0.5) is 0 Å². The average Bonchev–Trinajstić information content (AvgIpc) is 2.87. The van der Waals surface area contributed by atoms with Gasteiger partial charge >= 0.3 is 0 Å². The largest absolute Gasteiger partial charge is 0.495 e. The van der Waals surface area contributed by atoms with E-state index >= 15 is 0 Å². The van der Waals surface area contributed by atoms with E-state index in [1.807, 2.05) is 18.2 Å². The molecule has 0 bridgehead atoms. The summed E-state index contributed by atoms with van der Waals surface area (Å²) in [6, 6.07) is 21.3. The first-order valence-corrected chi connectivity index (χ1v) is 14.2. The Bertz CT molecular complexity index is 1330. The molecule has 0 spiro atoms. The summed E-state index contributed by atoms with van der Waals surface area (Å²) in [6.45, 7) is 1.30. The molecule has 5 rings (SSSR count). The van der Waals surface area contributed by atoms with Crippen molar-refractivity contribution >= 4 is 34.0 Å². The van der Waals surface area contributed by atoms with Gasteiger partial charge in [0.1, 0.15) is 23.0 Å². The second-order valence-corrected chi connectivity index (χ2v) is 11.6. The fourth-order valence-corrected chi connectivity index (χ4v) is 6.77. The molecule has 198 valence electrons. The maximum Gasteiger partial charge on any atom is 0.244 e. The van der Waals surface area contributed by atoms with Crippen LogP contribution in [0, 0.1) is 0 Å². The molecule has 9 heteroatoms. The van der Waals surface area contributed by atoms with Crippen LogP contribution in [0.1, 0.15) is 42.0 Å². The number of hydrogen-bond acceptors (Lipinski definition) is 5. The van der Waals surface area contributed by atoms with Crippen molar-refractivity contribution in [1.29, 1.82) is 0 Å². The zero-order chi connectivity index (χ0) is 25.2. The molecule has 1 fully saturated rings. The molecule has 0 saturated heterocycles. The molecule has 0 radical (unpaired) electrons. The second-order valence-electron chi connectivity index (χ2n) is 9.41. The highest BCUT2D eigenvalue weighted by atomic mass is 35.5. The molecule has 6 nitrogen and oxygen atoms in total. The number of fused-ring (bicyclic) bond motifs is 1. The Balaban J connectivity index is 0.00000320. The van der Waals surface area contributed by atoms with Crippen LogP contribution in [0.5, 0.6) is 11.5 Å². The summed E-state index contributed by atoms with van der Waals surface area (Å²) in [7, 11) is -2.25. The van der Waals surface area contributed by atoms with Gasteiger partial charge in [-0.15, -0.1) is 12.4 Å². The summed E-state index contributed by atoms with van der Waals surface area (Å²) in [4.78, 5) is 0.114. The smallest absolute Gasteiger partial charge is 0.244 e. The maximum absolute atomic E-state index is 12.7. The fraction of sp³-hybridized carbons (Fsp3) is 0.357. The summed E-state index contributed by atoms with van der Waals surface area (Å²) in [6.07, 6.45) is 4.43. The minimum Gasteiger partial charge on any atom is -0.495 e. The van der Waals surface area contributed by atoms with Crippen molar-refractivity contribution < 1.29 is 17.9 Å². The van der Waals surface area contributed by atoms with Crippen molar-refractivity contribution in [3.8, 4) is 11.5 Å². The van der Waals surface area contributed by atoms with Gasteiger partial charge in [0, 0.05) is 23.0 Å². The van der Waals surface area contributed by atoms with E-state index in [9.17, 15) is 8.42 Å². The molecule has 0 amide bonds. The van der Waals surface area contributed by atoms with Crippen LogP contribution >= 0.6 is 24.0 Å². The predicted molar refractivity (Wildman–Crippen MR) is 149 cm³/mol. The lowest BCUT2D eigenvalue weighted by Gasteiger charge is -2.50.